The van der Waals surface area contributed by atoms with E-state index in [1.54, 1.807) is 18.2 Å². The summed E-state index contributed by atoms with van der Waals surface area (Å²) in [6, 6.07) is 6.38. The van der Waals surface area contributed by atoms with Crippen molar-refractivity contribution in [3.8, 4) is 0 Å². The highest BCUT2D eigenvalue weighted by Gasteiger charge is 2.19. The van der Waals surface area contributed by atoms with Crippen molar-refractivity contribution in [3.63, 3.8) is 0 Å². The molecular formula is C10H7ClN4O3. The minimum Gasteiger partial charge on any atom is -0.358 e. The van der Waals surface area contributed by atoms with Crippen LogP contribution in [0.2, 0.25) is 5.02 Å². The van der Waals surface area contributed by atoms with Crippen LogP contribution in [0.4, 0.5) is 11.6 Å². The first-order chi connectivity index (χ1) is 8.59. The first kappa shape index (κ1) is 12.1. The number of aromatic nitrogens is 2. The van der Waals surface area contributed by atoms with Gasteiger partial charge < -0.3 is 10.1 Å². The first-order valence-corrected chi connectivity index (χ1v) is 5.21. The van der Waals surface area contributed by atoms with Crippen molar-refractivity contribution in [1.29, 1.82) is 0 Å². The average molecular weight is 267 g/mol. The number of nitrogens with zero attached hydrogens (tertiary/aromatic N) is 2. The van der Waals surface area contributed by atoms with Crippen LogP contribution in [0.1, 0.15) is 10.4 Å². The molecule has 7 nitrogen and oxygen atoms in total. The van der Waals surface area contributed by atoms with Gasteiger partial charge in [0.15, 0.2) is 6.33 Å². The Kier molecular flexibility index (Phi) is 3.24. The second-order valence-corrected chi connectivity index (χ2v) is 3.70. The maximum Gasteiger partial charge on any atom is 0.365 e. The standard InChI is InChI=1S/C10H7ClN4O3/c11-7-4-2-1-3-6(7)10(16)14-8-9(15(17)18)13-5-12-8/h1-5H,(H,12,13)(H,14,16). The van der Waals surface area contributed by atoms with Crippen molar-refractivity contribution in [1.82, 2.24) is 9.97 Å². The van der Waals surface area contributed by atoms with E-state index in [0.29, 0.717) is 0 Å². The lowest BCUT2D eigenvalue weighted by Crippen LogP contribution is -2.13. The Bertz CT molecular complexity index is 611. The number of aromatic amines is 1. The molecule has 8 heteroatoms. The smallest absolute Gasteiger partial charge is 0.358 e. The number of H-pyrrole nitrogens is 1. The maximum absolute atomic E-state index is 11.8. The molecule has 1 heterocycles. The number of nitrogens with one attached hydrogen (secondary N) is 2. The Labute approximate surface area is 106 Å². The molecule has 0 saturated carbocycles. The van der Waals surface area contributed by atoms with Crippen LogP contribution in [0.15, 0.2) is 30.6 Å². The first-order valence-electron chi connectivity index (χ1n) is 4.83. The van der Waals surface area contributed by atoms with Crippen LogP contribution in [0.5, 0.6) is 0 Å². The molecule has 0 aliphatic heterocycles. The van der Waals surface area contributed by atoms with Crippen LogP contribution in [-0.2, 0) is 0 Å². The molecule has 92 valence electrons. The van der Waals surface area contributed by atoms with Gasteiger partial charge >= 0.3 is 5.82 Å². The Hall–Kier alpha value is -2.41. The van der Waals surface area contributed by atoms with Gasteiger partial charge in [0, 0.05) is 0 Å². The number of hydrogen-bond donors (Lipinski definition) is 2. The van der Waals surface area contributed by atoms with Gasteiger partial charge in [-0.15, -0.1) is 0 Å². The lowest BCUT2D eigenvalue weighted by molar-refractivity contribution is -0.388. The number of halogens is 1. The molecule has 0 aliphatic carbocycles. The zero-order valence-corrected chi connectivity index (χ0v) is 9.64. The van der Waals surface area contributed by atoms with Crippen molar-refractivity contribution in [2.24, 2.45) is 0 Å². The summed E-state index contributed by atoms with van der Waals surface area (Å²) in [4.78, 5) is 27.8. The molecule has 2 aromatic rings. The van der Waals surface area contributed by atoms with E-state index in [4.69, 9.17) is 11.6 Å². The number of rotatable bonds is 3. The molecule has 0 unspecified atom stereocenters. The number of anilines is 1. The van der Waals surface area contributed by atoms with Crippen LogP contribution in [0, 0.1) is 10.1 Å². The second-order valence-electron chi connectivity index (χ2n) is 3.29. The third-order valence-electron chi connectivity index (χ3n) is 2.15. The largest absolute Gasteiger partial charge is 0.365 e. The summed E-state index contributed by atoms with van der Waals surface area (Å²) in [6.07, 6.45) is 1.13. The second kappa shape index (κ2) is 4.84. The molecule has 1 amide bonds. The minimum atomic E-state index is -0.671. The Morgan fingerprint density at radius 2 is 2.17 bits per heavy atom. The number of amides is 1. The lowest BCUT2D eigenvalue weighted by Gasteiger charge is -2.03. The summed E-state index contributed by atoms with van der Waals surface area (Å²) < 4.78 is 0. The normalized spacial score (nSPS) is 10.1. The zero-order chi connectivity index (χ0) is 13.1. The van der Waals surface area contributed by atoms with Crippen LogP contribution in [0.25, 0.3) is 0 Å². The molecule has 2 N–H and O–H groups in total. The van der Waals surface area contributed by atoms with Gasteiger partial charge in [-0.05, 0) is 17.1 Å². The number of carbonyl (C=O) groups is 1. The van der Waals surface area contributed by atoms with Crippen LogP contribution >= 0.6 is 11.6 Å². The molecule has 0 saturated heterocycles. The molecule has 18 heavy (non-hydrogen) atoms. The summed E-state index contributed by atoms with van der Waals surface area (Å²) in [7, 11) is 0. The highest BCUT2D eigenvalue weighted by atomic mass is 35.5. The van der Waals surface area contributed by atoms with E-state index in [2.05, 4.69) is 15.3 Å². The van der Waals surface area contributed by atoms with Gasteiger partial charge in [-0.25, -0.2) is 4.98 Å². The van der Waals surface area contributed by atoms with E-state index in [1.807, 2.05) is 0 Å². The van der Waals surface area contributed by atoms with Gasteiger partial charge in [0.2, 0.25) is 5.82 Å². The predicted octanol–water partition coefficient (Wildman–Crippen LogP) is 2.22. The van der Waals surface area contributed by atoms with Crippen LogP contribution < -0.4 is 5.32 Å². The van der Waals surface area contributed by atoms with E-state index >= 15 is 0 Å². The summed E-state index contributed by atoms with van der Waals surface area (Å²) in [5.41, 5.74) is 0.219. The monoisotopic (exact) mass is 266 g/mol. The van der Waals surface area contributed by atoms with Crippen molar-refractivity contribution >= 4 is 29.1 Å². The van der Waals surface area contributed by atoms with Gasteiger partial charge in [-0.3, -0.25) is 10.1 Å². The van der Waals surface area contributed by atoms with E-state index in [-0.39, 0.29) is 22.2 Å². The molecule has 0 radical (unpaired) electrons. The molecule has 1 aromatic carbocycles. The molecular weight excluding hydrogens is 260 g/mol. The van der Waals surface area contributed by atoms with E-state index in [0.717, 1.165) is 6.33 Å². The van der Waals surface area contributed by atoms with Crippen molar-refractivity contribution in [3.05, 3.63) is 51.3 Å². The highest BCUT2D eigenvalue weighted by Crippen LogP contribution is 2.21. The molecule has 0 bridgehead atoms. The van der Waals surface area contributed by atoms with Gasteiger partial charge in [-0.2, -0.15) is 4.98 Å². The van der Waals surface area contributed by atoms with E-state index in [9.17, 15) is 14.9 Å². The summed E-state index contributed by atoms with van der Waals surface area (Å²) in [5.74, 6) is -1.09. The molecule has 0 spiro atoms. The van der Waals surface area contributed by atoms with Crippen LogP contribution in [-0.4, -0.2) is 20.8 Å². The third kappa shape index (κ3) is 2.30. The van der Waals surface area contributed by atoms with E-state index < -0.39 is 10.8 Å². The SMILES string of the molecule is O=C(Nc1nc[nH]c1[N+](=O)[O-])c1ccccc1Cl. The highest BCUT2D eigenvalue weighted by molar-refractivity contribution is 6.34. The Morgan fingerprint density at radius 3 is 2.83 bits per heavy atom. The fraction of sp³-hybridized carbons (Fsp3) is 0. The van der Waals surface area contributed by atoms with Gasteiger partial charge in [0.25, 0.3) is 5.91 Å². The molecule has 1 aromatic heterocycles. The van der Waals surface area contributed by atoms with Gasteiger partial charge in [0.05, 0.1) is 10.6 Å². The number of benzene rings is 1. The Morgan fingerprint density at radius 1 is 1.44 bits per heavy atom. The van der Waals surface area contributed by atoms with Gasteiger partial charge in [0.1, 0.15) is 0 Å². The lowest BCUT2D eigenvalue weighted by atomic mass is 10.2. The van der Waals surface area contributed by atoms with Crippen LogP contribution in [0.3, 0.4) is 0 Å². The molecule has 0 atom stereocenters. The van der Waals surface area contributed by atoms with Gasteiger partial charge in [-0.1, -0.05) is 23.7 Å². The molecule has 2 rings (SSSR count). The summed E-state index contributed by atoms with van der Waals surface area (Å²) in [5, 5.41) is 13.2. The summed E-state index contributed by atoms with van der Waals surface area (Å²) >= 11 is 5.84. The number of carbonyl (C=O) groups excluding carboxylic acids is 1. The zero-order valence-electron chi connectivity index (χ0n) is 8.88. The quantitative estimate of drug-likeness (QED) is 0.657. The Balaban J connectivity index is 2.25. The minimum absolute atomic E-state index is 0.148. The number of imidazole rings is 1. The summed E-state index contributed by atoms with van der Waals surface area (Å²) in [6.45, 7) is 0. The fourth-order valence-corrected chi connectivity index (χ4v) is 1.56. The fourth-order valence-electron chi connectivity index (χ4n) is 1.34. The molecule has 0 fully saturated rings. The number of hydrogen-bond acceptors (Lipinski definition) is 4. The third-order valence-corrected chi connectivity index (χ3v) is 2.48. The molecule has 0 aliphatic rings. The number of nitro groups is 1. The van der Waals surface area contributed by atoms with Crippen molar-refractivity contribution < 1.29 is 9.72 Å². The van der Waals surface area contributed by atoms with Crippen molar-refractivity contribution in [2.45, 2.75) is 0 Å². The maximum atomic E-state index is 11.8. The predicted molar refractivity (Wildman–Crippen MR) is 64.6 cm³/mol. The van der Waals surface area contributed by atoms with E-state index in [1.165, 1.54) is 6.07 Å². The van der Waals surface area contributed by atoms with Crippen molar-refractivity contribution in [2.75, 3.05) is 5.32 Å². The average Bonchev–Trinajstić information content (AvgIpc) is 2.77. The topological polar surface area (TPSA) is 101 Å².